The average Bonchev–Trinajstić information content (AvgIpc) is 2.36. The van der Waals surface area contributed by atoms with Crippen LogP contribution in [0, 0.1) is 0 Å². The van der Waals surface area contributed by atoms with Gasteiger partial charge in [-0.05, 0) is 66.0 Å². The summed E-state index contributed by atoms with van der Waals surface area (Å²) in [4.78, 5) is 0. The molecule has 0 aromatic rings. The van der Waals surface area contributed by atoms with Crippen molar-refractivity contribution >= 4 is 16.6 Å². The summed E-state index contributed by atoms with van der Waals surface area (Å²) in [6, 6.07) is 0. The van der Waals surface area contributed by atoms with E-state index in [1.807, 2.05) is 0 Å². The van der Waals surface area contributed by atoms with Crippen LogP contribution >= 0.6 is 0 Å². The third-order valence-electron chi connectivity index (χ3n) is 2.74. The molecule has 0 fully saturated rings. The Hall–Kier alpha value is -0.886. The van der Waals surface area contributed by atoms with E-state index < -0.39 is 16.6 Å². The summed E-state index contributed by atoms with van der Waals surface area (Å²) in [6.45, 7) is 17.0. The van der Waals surface area contributed by atoms with Gasteiger partial charge < -0.3 is 18.3 Å². The largest absolute Gasteiger partial charge is 0.520 e. The minimum Gasteiger partial charge on any atom is -0.520 e. The van der Waals surface area contributed by atoms with Crippen LogP contribution in [0.2, 0.25) is 39.3 Å². The Labute approximate surface area is 138 Å². The number of hydrogen-bond acceptors (Lipinski definition) is 4. The molecular formula is C16H34O4Si2. The van der Waals surface area contributed by atoms with Gasteiger partial charge in [0.1, 0.15) is 0 Å². The van der Waals surface area contributed by atoms with Crippen molar-refractivity contribution in [2.75, 3.05) is 14.2 Å². The van der Waals surface area contributed by atoms with Crippen molar-refractivity contribution in [3.8, 4) is 0 Å². The number of hydrogen-bond donors (Lipinski definition) is 0. The normalized spacial score (nSPS) is 14.8. The zero-order chi connectivity index (χ0) is 17.6. The van der Waals surface area contributed by atoms with Crippen LogP contribution in [0.1, 0.15) is 26.7 Å². The third-order valence-corrected chi connectivity index (χ3v) is 4.34. The first-order valence-corrected chi connectivity index (χ1v) is 14.6. The molecule has 0 amide bonds. The van der Waals surface area contributed by atoms with E-state index in [9.17, 15) is 0 Å². The minimum absolute atomic E-state index is 0.664. The summed E-state index contributed by atoms with van der Waals surface area (Å²) in [5.41, 5.74) is 2.24. The van der Waals surface area contributed by atoms with Crippen LogP contribution in [-0.2, 0) is 18.3 Å². The van der Waals surface area contributed by atoms with Gasteiger partial charge in [0.15, 0.2) is 0 Å². The molecule has 0 bridgehead atoms. The Balaban J connectivity index is 4.94. The Bertz CT molecular complexity index is 375. The zero-order valence-corrected chi connectivity index (χ0v) is 18.0. The van der Waals surface area contributed by atoms with Gasteiger partial charge >= 0.3 is 0 Å². The van der Waals surface area contributed by atoms with Crippen molar-refractivity contribution in [2.24, 2.45) is 0 Å². The monoisotopic (exact) mass is 346 g/mol. The summed E-state index contributed by atoms with van der Waals surface area (Å²) in [6.07, 6.45) is 1.73. The lowest BCUT2D eigenvalue weighted by Gasteiger charge is -2.23. The number of methoxy groups -OCH3 is 2. The SMILES string of the molecule is COC(O[Si](C)(C)C)=C(C)CCC(C)=C(OC)O[Si](C)(C)C. The van der Waals surface area contributed by atoms with Crippen LogP contribution < -0.4 is 0 Å². The van der Waals surface area contributed by atoms with Crippen molar-refractivity contribution in [1.29, 1.82) is 0 Å². The lowest BCUT2D eigenvalue weighted by molar-refractivity contribution is 0.138. The summed E-state index contributed by atoms with van der Waals surface area (Å²) >= 11 is 0. The molecule has 0 unspecified atom stereocenters. The standard InChI is InChI=1S/C16H34O4Si2/c1-13(15(17-3)19-21(5,6)7)11-12-14(2)16(18-4)20-22(8,9)10/h11-12H2,1-10H3. The van der Waals surface area contributed by atoms with Gasteiger partial charge in [0.2, 0.25) is 16.6 Å². The Morgan fingerprint density at radius 1 is 0.636 bits per heavy atom. The number of rotatable bonds is 9. The van der Waals surface area contributed by atoms with Crippen LogP contribution in [0.3, 0.4) is 0 Å². The van der Waals surface area contributed by atoms with E-state index in [-0.39, 0.29) is 0 Å². The number of allylic oxidation sites excluding steroid dienone is 2. The van der Waals surface area contributed by atoms with Crippen molar-refractivity contribution in [2.45, 2.75) is 66.0 Å². The highest BCUT2D eigenvalue weighted by atomic mass is 28.4. The van der Waals surface area contributed by atoms with E-state index in [0.29, 0.717) is 11.9 Å². The molecule has 0 heterocycles. The first-order chi connectivity index (χ1) is 9.89. The van der Waals surface area contributed by atoms with E-state index in [0.717, 1.165) is 24.0 Å². The molecule has 0 atom stereocenters. The molecule has 130 valence electrons. The maximum absolute atomic E-state index is 5.97. The predicted molar refractivity (Wildman–Crippen MR) is 97.5 cm³/mol. The summed E-state index contributed by atoms with van der Waals surface area (Å²) < 4.78 is 22.8. The molecule has 0 saturated carbocycles. The second-order valence-corrected chi connectivity index (χ2v) is 16.3. The highest BCUT2D eigenvalue weighted by Crippen LogP contribution is 2.23. The third kappa shape index (κ3) is 9.20. The fourth-order valence-corrected chi connectivity index (χ4v) is 3.37. The second-order valence-electron chi connectivity index (χ2n) is 7.47. The molecular weight excluding hydrogens is 312 g/mol. The first-order valence-electron chi connectivity index (χ1n) is 7.75. The van der Waals surface area contributed by atoms with Crippen molar-refractivity contribution in [3.05, 3.63) is 23.0 Å². The molecule has 0 rings (SSSR count). The van der Waals surface area contributed by atoms with Gasteiger partial charge in [0.25, 0.3) is 11.9 Å². The quantitative estimate of drug-likeness (QED) is 0.423. The molecule has 0 aromatic heterocycles. The van der Waals surface area contributed by atoms with E-state index in [1.165, 1.54) is 0 Å². The molecule has 0 radical (unpaired) electrons. The van der Waals surface area contributed by atoms with Crippen molar-refractivity contribution in [3.63, 3.8) is 0 Å². The highest BCUT2D eigenvalue weighted by Gasteiger charge is 2.21. The minimum atomic E-state index is -1.66. The summed E-state index contributed by atoms with van der Waals surface area (Å²) in [7, 11) is 0.00768. The van der Waals surface area contributed by atoms with E-state index in [1.54, 1.807) is 14.2 Å². The van der Waals surface area contributed by atoms with Gasteiger partial charge in [0, 0.05) is 11.1 Å². The lowest BCUT2D eigenvalue weighted by atomic mass is 10.1. The zero-order valence-electron chi connectivity index (χ0n) is 16.0. The molecule has 6 heteroatoms. The van der Waals surface area contributed by atoms with Gasteiger partial charge in [-0.15, -0.1) is 0 Å². The Kier molecular flexibility index (Phi) is 8.32. The maximum atomic E-state index is 5.97. The number of ether oxygens (including phenoxy) is 2. The Morgan fingerprint density at radius 2 is 0.909 bits per heavy atom. The molecule has 0 aliphatic carbocycles. The molecule has 0 aromatic carbocycles. The van der Waals surface area contributed by atoms with Gasteiger partial charge in [-0.1, -0.05) is 0 Å². The predicted octanol–water partition coefficient (Wildman–Crippen LogP) is 5.23. The average molecular weight is 347 g/mol. The molecule has 0 N–H and O–H groups in total. The van der Waals surface area contributed by atoms with Crippen LogP contribution in [0.5, 0.6) is 0 Å². The van der Waals surface area contributed by atoms with Gasteiger partial charge in [-0.3, -0.25) is 0 Å². The molecule has 4 nitrogen and oxygen atoms in total. The summed E-state index contributed by atoms with van der Waals surface area (Å²) in [5.74, 6) is 1.33. The Morgan fingerprint density at radius 3 is 1.09 bits per heavy atom. The highest BCUT2D eigenvalue weighted by molar-refractivity contribution is 6.70. The fraction of sp³-hybridized carbons (Fsp3) is 0.750. The lowest BCUT2D eigenvalue weighted by Crippen LogP contribution is -2.26. The van der Waals surface area contributed by atoms with Gasteiger partial charge in [0.05, 0.1) is 14.2 Å². The van der Waals surface area contributed by atoms with Crippen molar-refractivity contribution in [1.82, 2.24) is 0 Å². The van der Waals surface area contributed by atoms with E-state index >= 15 is 0 Å². The van der Waals surface area contributed by atoms with Gasteiger partial charge in [-0.25, -0.2) is 0 Å². The van der Waals surface area contributed by atoms with Crippen LogP contribution in [0.25, 0.3) is 0 Å². The molecule has 0 aliphatic heterocycles. The summed E-state index contributed by atoms with van der Waals surface area (Å²) in [5, 5.41) is 0. The molecule has 22 heavy (non-hydrogen) atoms. The first kappa shape index (κ1) is 21.1. The topological polar surface area (TPSA) is 36.9 Å². The van der Waals surface area contributed by atoms with Crippen molar-refractivity contribution < 1.29 is 18.3 Å². The fourth-order valence-electron chi connectivity index (χ4n) is 1.74. The van der Waals surface area contributed by atoms with E-state index in [4.69, 9.17) is 18.3 Å². The maximum Gasteiger partial charge on any atom is 0.263 e. The van der Waals surface area contributed by atoms with Crippen LogP contribution in [-0.4, -0.2) is 30.9 Å². The molecule has 0 aliphatic rings. The van der Waals surface area contributed by atoms with Crippen LogP contribution in [0.4, 0.5) is 0 Å². The smallest absolute Gasteiger partial charge is 0.263 e. The van der Waals surface area contributed by atoms with Gasteiger partial charge in [-0.2, -0.15) is 0 Å². The molecule has 0 saturated heterocycles. The van der Waals surface area contributed by atoms with Crippen LogP contribution in [0.15, 0.2) is 23.0 Å². The van der Waals surface area contributed by atoms with E-state index in [2.05, 4.69) is 53.1 Å². The second kappa shape index (κ2) is 8.67. The molecule has 0 spiro atoms.